The van der Waals surface area contributed by atoms with Crippen LogP contribution in [0.4, 0.5) is 4.39 Å². The van der Waals surface area contributed by atoms with Crippen molar-refractivity contribution in [2.75, 3.05) is 0 Å². The Hall–Kier alpha value is -0.800. The van der Waals surface area contributed by atoms with E-state index < -0.39 is 5.82 Å². The van der Waals surface area contributed by atoms with Gasteiger partial charge in [0.05, 0.1) is 5.02 Å². The number of halogens is 4. The molecule has 5 heteroatoms. The maximum atomic E-state index is 13.6. The summed E-state index contributed by atoms with van der Waals surface area (Å²) in [5, 5.41) is 4.53. The predicted molar refractivity (Wildman–Crippen MR) is 87.8 cm³/mol. The van der Waals surface area contributed by atoms with Crippen LogP contribution in [0.2, 0.25) is 15.1 Å². The number of nitrogens with one attached hydrogen (secondary N) is 1. The average molecular weight is 347 g/mol. The molecule has 0 amide bonds. The first-order valence-electron chi connectivity index (χ1n) is 6.54. The molecule has 1 N–H and O–H groups in total. The zero-order valence-electron chi connectivity index (χ0n) is 11.6. The largest absolute Gasteiger partial charge is 0.304 e. The highest BCUT2D eigenvalue weighted by atomic mass is 35.5. The molecule has 0 saturated heterocycles. The first kappa shape index (κ1) is 16.6. The van der Waals surface area contributed by atoms with Crippen LogP contribution in [-0.2, 0) is 0 Å². The molecule has 0 heterocycles. The van der Waals surface area contributed by atoms with Crippen molar-refractivity contribution in [1.29, 1.82) is 0 Å². The highest BCUT2D eigenvalue weighted by Crippen LogP contribution is 2.30. The van der Waals surface area contributed by atoms with Crippen LogP contribution in [0.1, 0.15) is 37.1 Å². The SMILES string of the molecule is CC(N[C@@H](C)c1cccc(Cl)c1)c1cc(F)c(Cl)cc1Cl. The van der Waals surface area contributed by atoms with Crippen molar-refractivity contribution in [3.63, 3.8) is 0 Å². The zero-order valence-corrected chi connectivity index (χ0v) is 13.9. The normalized spacial score (nSPS) is 14.0. The van der Waals surface area contributed by atoms with E-state index in [1.807, 2.05) is 38.1 Å². The molecule has 0 spiro atoms. The van der Waals surface area contributed by atoms with Crippen LogP contribution in [0, 0.1) is 5.82 Å². The smallest absolute Gasteiger partial charge is 0.142 e. The lowest BCUT2D eigenvalue weighted by atomic mass is 10.0. The minimum atomic E-state index is -0.472. The van der Waals surface area contributed by atoms with Crippen molar-refractivity contribution in [3.8, 4) is 0 Å². The summed E-state index contributed by atoms with van der Waals surface area (Å²) in [6, 6.07) is 10.3. The van der Waals surface area contributed by atoms with Gasteiger partial charge in [0.15, 0.2) is 0 Å². The number of benzene rings is 2. The molecule has 21 heavy (non-hydrogen) atoms. The molecule has 0 aliphatic carbocycles. The summed E-state index contributed by atoms with van der Waals surface area (Å²) < 4.78 is 13.6. The minimum Gasteiger partial charge on any atom is -0.304 e. The molecule has 0 aliphatic rings. The molecule has 0 fully saturated rings. The van der Waals surface area contributed by atoms with Gasteiger partial charge in [-0.05, 0) is 49.2 Å². The fraction of sp³-hybridized carbons (Fsp3) is 0.250. The molecule has 0 bridgehead atoms. The van der Waals surface area contributed by atoms with Crippen LogP contribution in [0.15, 0.2) is 36.4 Å². The first-order valence-corrected chi connectivity index (χ1v) is 7.68. The van der Waals surface area contributed by atoms with Crippen LogP contribution < -0.4 is 5.32 Å². The van der Waals surface area contributed by atoms with Crippen molar-refractivity contribution >= 4 is 34.8 Å². The van der Waals surface area contributed by atoms with Crippen LogP contribution in [0.3, 0.4) is 0 Å². The lowest BCUT2D eigenvalue weighted by Crippen LogP contribution is -2.22. The van der Waals surface area contributed by atoms with E-state index >= 15 is 0 Å². The van der Waals surface area contributed by atoms with Gasteiger partial charge >= 0.3 is 0 Å². The molecule has 2 aromatic rings. The van der Waals surface area contributed by atoms with Crippen molar-refractivity contribution < 1.29 is 4.39 Å². The molecule has 112 valence electrons. The topological polar surface area (TPSA) is 12.0 Å². The molecule has 2 atom stereocenters. The molecule has 0 saturated carbocycles. The molecular formula is C16H15Cl3FN. The Balaban J connectivity index is 2.18. The van der Waals surface area contributed by atoms with E-state index in [9.17, 15) is 4.39 Å². The molecule has 0 radical (unpaired) electrons. The molecule has 2 aromatic carbocycles. The summed E-state index contributed by atoms with van der Waals surface area (Å²) >= 11 is 17.8. The number of hydrogen-bond donors (Lipinski definition) is 1. The van der Waals surface area contributed by atoms with Crippen molar-refractivity contribution in [2.24, 2.45) is 0 Å². The summed E-state index contributed by atoms with van der Waals surface area (Å²) in [5.41, 5.74) is 1.73. The molecule has 1 unspecified atom stereocenters. The molecule has 2 rings (SSSR count). The van der Waals surface area contributed by atoms with Crippen molar-refractivity contribution in [2.45, 2.75) is 25.9 Å². The second kappa shape index (κ2) is 6.97. The van der Waals surface area contributed by atoms with Crippen LogP contribution in [-0.4, -0.2) is 0 Å². The second-order valence-electron chi connectivity index (χ2n) is 4.95. The van der Waals surface area contributed by atoms with Crippen LogP contribution in [0.5, 0.6) is 0 Å². The summed E-state index contributed by atoms with van der Waals surface area (Å²) in [5.74, 6) is -0.472. The van der Waals surface area contributed by atoms with E-state index in [1.54, 1.807) is 0 Å². The molecule has 1 nitrogen and oxygen atoms in total. The Kier molecular flexibility index (Phi) is 5.50. The Morgan fingerprint density at radius 1 is 0.952 bits per heavy atom. The summed E-state index contributed by atoms with van der Waals surface area (Å²) in [7, 11) is 0. The lowest BCUT2D eigenvalue weighted by molar-refractivity contribution is 0.492. The Labute approximate surface area is 139 Å². The van der Waals surface area contributed by atoms with Crippen LogP contribution >= 0.6 is 34.8 Å². The van der Waals surface area contributed by atoms with E-state index in [1.165, 1.54) is 12.1 Å². The fourth-order valence-corrected chi connectivity index (χ4v) is 2.95. The molecular weight excluding hydrogens is 332 g/mol. The highest BCUT2D eigenvalue weighted by Gasteiger charge is 2.16. The van der Waals surface area contributed by atoms with Gasteiger partial charge in [0.1, 0.15) is 5.82 Å². The maximum absolute atomic E-state index is 13.6. The Morgan fingerprint density at radius 2 is 1.67 bits per heavy atom. The molecule has 0 aliphatic heterocycles. The third kappa shape index (κ3) is 4.10. The van der Waals surface area contributed by atoms with Gasteiger partial charge in [-0.3, -0.25) is 0 Å². The van der Waals surface area contributed by atoms with E-state index in [4.69, 9.17) is 34.8 Å². The van der Waals surface area contributed by atoms with E-state index in [0.717, 1.165) is 5.56 Å². The minimum absolute atomic E-state index is 0.0267. The second-order valence-corrected chi connectivity index (χ2v) is 6.20. The summed E-state index contributed by atoms with van der Waals surface area (Å²) in [6.07, 6.45) is 0. The third-order valence-corrected chi connectivity index (χ3v) is 4.21. The van der Waals surface area contributed by atoms with Gasteiger partial charge in [0.2, 0.25) is 0 Å². The van der Waals surface area contributed by atoms with Gasteiger partial charge in [0.25, 0.3) is 0 Å². The van der Waals surface area contributed by atoms with E-state index in [2.05, 4.69) is 5.32 Å². The monoisotopic (exact) mass is 345 g/mol. The summed E-state index contributed by atoms with van der Waals surface area (Å²) in [6.45, 7) is 3.94. The fourth-order valence-electron chi connectivity index (χ4n) is 2.21. The summed E-state index contributed by atoms with van der Waals surface area (Å²) in [4.78, 5) is 0. The van der Waals surface area contributed by atoms with Crippen molar-refractivity contribution in [1.82, 2.24) is 5.32 Å². The van der Waals surface area contributed by atoms with Crippen molar-refractivity contribution in [3.05, 3.63) is 68.4 Å². The third-order valence-electron chi connectivity index (χ3n) is 3.35. The van der Waals surface area contributed by atoms with Gasteiger partial charge in [-0.2, -0.15) is 0 Å². The predicted octanol–water partition coefficient (Wildman–Crippen LogP) is 6.20. The Bertz CT molecular complexity index is 645. The van der Waals surface area contributed by atoms with Crippen LogP contribution in [0.25, 0.3) is 0 Å². The van der Waals surface area contributed by atoms with Gasteiger partial charge in [0, 0.05) is 22.1 Å². The molecule has 0 aromatic heterocycles. The van der Waals surface area contributed by atoms with E-state index in [0.29, 0.717) is 15.6 Å². The Morgan fingerprint density at radius 3 is 2.33 bits per heavy atom. The standard InChI is InChI=1S/C16H15Cl3FN/c1-9(11-4-3-5-12(17)6-11)21-10(2)13-7-16(20)15(19)8-14(13)18/h3-10,21H,1-2H3/t9-,10?/m0/s1. The van der Waals surface area contributed by atoms with Gasteiger partial charge in [-0.15, -0.1) is 0 Å². The average Bonchev–Trinajstić information content (AvgIpc) is 2.42. The first-order chi connectivity index (χ1) is 9.88. The van der Waals surface area contributed by atoms with Gasteiger partial charge < -0.3 is 5.32 Å². The maximum Gasteiger partial charge on any atom is 0.142 e. The zero-order chi connectivity index (χ0) is 15.6. The number of rotatable bonds is 4. The quantitative estimate of drug-likeness (QED) is 0.650. The highest BCUT2D eigenvalue weighted by molar-refractivity contribution is 6.35. The van der Waals surface area contributed by atoms with E-state index in [-0.39, 0.29) is 17.1 Å². The van der Waals surface area contributed by atoms with Gasteiger partial charge in [-0.1, -0.05) is 46.9 Å². The number of hydrogen-bond acceptors (Lipinski definition) is 1. The van der Waals surface area contributed by atoms with Gasteiger partial charge in [-0.25, -0.2) is 4.39 Å². The lowest BCUT2D eigenvalue weighted by Gasteiger charge is -2.22.